The van der Waals surface area contributed by atoms with Crippen LogP contribution < -0.4 is 10.1 Å². The molecule has 0 aliphatic carbocycles. The third-order valence-corrected chi connectivity index (χ3v) is 4.70. The fourth-order valence-electron chi connectivity index (χ4n) is 2.57. The molecule has 3 rings (SSSR count). The summed E-state index contributed by atoms with van der Waals surface area (Å²) < 4.78 is 42.5. The number of ether oxygens (including phenoxy) is 1. The molecule has 7 nitrogen and oxygen atoms in total. The Bertz CT molecular complexity index is 1210. The molecule has 160 valence electrons. The number of rotatable bonds is 7. The Morgan fingerprint density at radius 1 is 1.13 bits per heavy atom. The Morgan fingerprint density at radius 2 is 1.81 bits per heavy atom. The summed E-state index contributed by atoms with van der Waals surface area (Å²) in [4.78, 5) is 21.2. The minimum atomic E-state index is -3.33. The maximum absolute atomic E-state index is 14.2. The van der Waals surface area contributed by atoms with Crippen molar-refractivity contribution in [1.29, 1.82) is 0 Å². The molecule has 0 saturated carbocycles. The monoisotopic (exact) mass is 441 g/mol. The van der Waals surface area contributed by atoms with Crippen molar-refractivity contribution in [3.05, 3.63) is 83.7 Å². The van der Waals surface area contributed by atoms with Gasteiger partial charge in [-0.05, 0) is 31.2 Å². The van der Waals surface area contributed by atoms with Gasteiger partial charge in [0.05, 0.1) is 5.56 Å². The van der Waals surface area contributed by atoms with E-state index in [0.717, 1.165) is 11.7 Å². The highest BCUT2D eigenvalue weighted by molar-refractivity contribution is 7.93. The fraction of sp³-hybridized carbons (Fsp3) is 0.136. The fourth-order valence-corrected chi connectivity index (χ4v) is 3.09. The van der Waals surface area contributed by atoms with Crippen LogP contribution in [-0.2, 0) is 9.84 Å². The molecule has 1 aromatic heterocycles. The summed E-state index contributed by atoms with van der Waals surface area (Å²) in [5, 5.41) is 3.65. The highest BCUT2D eigenvalue weighted by Crippen LogP contribution is 2.27. The number of sulfone groups is 1. The second-order valence-electron chi connectivity index (χ2n) is 6.73. The summed E-state index contributed by atoms with van der Waals surface area (Å²) in [5.41, 5.74) is 0.181. The van der Waals surface area contributed by atoms with E-state index in [0.29, 0.717) is 5.75 Å². The predicted octanol–water partition coefficient (Wildman–Crippen LogP) is 3.75. The quantitative estimate of drug-likeness (QED) is 0.600. The first-order chi connectivity index (χ1) is 14.7. The van der Waals surface area contributed by atoms with Crippen LogP contribution in [0.5, 0.6) is 11.6 Å². The molecular formula is C22H20FN3O4S. The molecule has 3 aromatic rings. The Balaban J connectivity index is 1.95. The second kappa shape index (κ2) is 9.48. The van der Waals surface area contributed by atoms with Gasteiger partial charge in [0.15, 0.2) is 15.7 Å². The normalized spacial score (nSPS) is 12.5. The topological polar surface area (TPSA) is 98.2 Å². The van der Waals surface area contributed by atoms with Gasteiger partial charge < -0.3 is 10.1 Å². The lowest BCUT2D eigenvalue weighted by Gasteiger charge is -2.14. The molecule has 1 amide bonds. The van der Waals surface area contributed by atoms with Crippen LogP contribution in [0.1, 0.15) is 17.3 Å². The van der Waals surface area contributed by atoms with Crippen LogP contribution in [0.25, 0.3) is 11.4 Å². The van der Waals surface area contributed by atoms with E-state index >= 15 is 0 Å². The van der Waals surface area contributed by atoms with Gasteiger partial charge in [0.2, 0.25) is 5.88 Å². The van der Waals surface area contributed by atoms with Gasteiger partial charge in [-0.2, -0.15) is 4.98 Å². The highest BCUT2D eigenvalue weighted by Gasteiger charge is 2.20. The van der Waals surface area contributed by atoms with Crippen LogP contribution in [0.4, 0.5) is 4.39 Å². The average Bonchev–Trinajstić information content (AvgIpc) is 2.73. The van der Waals surface area contributed by atoms with Crippen LogP contribution in [-0.4, -0.2) is 36.6 Å². The van der Waals surface area contributed by atoms with E-state index in [4.69, 9.17) is 4.74 Å². The number of para-hydroxylation sites is 1. The van der Waals surface area contributed by atoms with Crippen LogP contribution in [0.2, 0.25) is 0 Å². The molecule has 9 heteroatoms. The van der Waals surface area contributed by atoms with Crippen molar-refractivity contribution in [3.8, 4) is 23.0 Å². The van der Waals surface area contributed by atoms with E-state index in [2.05, 4.69) is 15.3 Å². The summed E-state index contributed by atoms with van der Waals surface area (Å²) in [6.45, 7) is 1.62. The second-order valence-corrected chi connectivity index (χ2v) is 8.66. The summed E-state index contributed by atoms with van der Waals surface area (Å²) in [7, 11) is -3.33. The molecule has 1 N–H and O–H groups in total. The van der Waals surface area contributed by atoms with Crippen LogP contribution in [0, 0.1) is 5.82 Å². The van der Waals surface area contributed by atoms with E-state index in [9.17, 15) is 17.6 Å². The third kappa shape index (κ3) is 6.19. The largest absolute Gasteiger partial charge is 0.438 e. The molecule has 0 aliphatic rings. The Morgan fingerprint density at radius 3 is 2.48 bits per heavy atom. The molecule has 1 heterocycles. The summed E-state index contributed by atoms with van der Waals surface area (Å²) in [6.07, 6.45) is 3.65. The van der Waals surface area contributed by atoms with E-state index in [1.165, 1.54) is 24.4 Å². The van der Waals surface area contributed by atoms with Gasteiger partial charge >= 0.3 is 0 Å². The van der Waals surface area contributed by atoms with E-state index in [-0.39, 0.29) is 22.8 Å². The van der Waals surface area contributed by atoms with Crippen molar-refractivity contribution in [2.24, 2.45) is 0 Å². The minimum Gasteiger partial charge on any atom is -0.438 e. The standard InChI is InChI=1S/C22H20FN3O4S/c1-15(12-13-31(2,28)29)25-21(27)18-14-24-20(17-10-6-7-11-19(17)23)26-22(18)30-16-8-4-3-5-9-16/h3-15H,1-2H3,(H,25,27)/b13-12+/t15-/m1/s1. The van der Waals surface area contributed by atoms with Crippen molar-refractivity contribution in [2.75, 3.05) is 6.26 Å². The number of amides is 1. The molecule has 0 bridgehead atoms. The number of carbonyl (C=O) groups is 1. The zero-order valence-corrected chi connectivity index (χ0v) is 17.6. The zero-order valence-electron chi connectivity index (χ0n) is 16.8. The Kier molecular flexibility index (Phi) is 6.76. The molecule has 1 atom stereocenters. The number of nitrogens with one attached hydrogen (secondary N) is 1. The van der Waals surface area contributed by atoms with Gasteiger partial charge in [-0.1, -0.05) is 36.4 Å². The number of nitrogens with zero attached hydrogens (tertiary/aromatic N) is 2. The lowest BCUT2D eigenvalue weighted by Crippen LogP contribution is -2.31. The van der Waals surface area contributed by atoms with Gasteiger partial charge in [0.25, 0.3) is 5.91 Å². The van der Waals surface area contributed by atoms with Crippen LogP contribution >= 0.6 is 0 Å². The molecule has 0 spiro atoms. The number of aromatic nitrogens is 2. The number of hydrogen-bond acceptors (Lipinski definition) is 6. The van der Waals surface area contributed by atoms with Crippen LogP contribution in [0.15, 0.2) is 72.3 Å². The number of benzene rings is 2. The molecular weight excluding hydrogens is 421 g/mol. The molecule has 0 aliphatic heterocycles. The molecule has 0 fully saturated rings. The zero-order chi connectivity index (χ0) is 22.4. The number of carbonyl (C=O) groups excluding carboxylic acids is 1. The number of halogens is 1. The molecule has 0 radical (unpaired) electrons. The average molecular weight is 441 g/mol. The lowest BCUT2D eigenvalue weighted by atomic mass is 10.2. The first kappa shape index (κ1) is 22.1. The van der Waals surface area contributed by atoms with E-state index in [1.807, 2.05) is 0 Å². The smallest absolute Gasteiger partial charge is 0.258 e. The molecule has 2 aromatic carbocycles. The molecule has 0 saturated heterocycles. The minimum absolute atomic E-state index is 0.0172. The Labute approximate surface area is 179 Å². The SMILES string of the molecule is C[C@H](/C=C/S(C)(=O)=O)NC(=O)c1cnc(-c2ccccc2F)nc1Oc1ccccc1. The van der Waals surface area contributed by atoms with Gasteiger partial charge in [-0.25, -0.2) is 17.8 Å². The summed E-state index contributed by atoms with van der Waals surface area (Å²) >= 11 is 0. The van der Waals surface area contributed by atoms with Gasteiger partial charge in [-0.3, -0.25) is 4.79 Å². The molecule has 0 unspecified atom stereocenters. The van der Waals surface area contributed by atoms with Gasteiger partial charge in [0.1, 0.15) is 17.1 Å². The van der Waals surface area contributed by atoms with Crippen molar-refractivity contribution >= 4 is 15.7 Å². The van der Waals surface area contributed by atoms with Crippen LogP contribution in [0.3, 0.4) is 0 Å². The van der Waals surface area contributed by atoms with Crippen molar-refractivity contribution in [3.63, 3.8) is 0 Å². The third-order valence-electron chi connectivity index (χ3n) is 4.04. The van der Waals surface area contributed by atoms with Crippen molar-refractivity contribution in [2.45, 2.75) is 13.0 Å². The first-order valence-electron chi connectivity index (χ1n) is 9.27. The first-order valence-corrected chi connectivity index (χ1v) is 11.2. The van der Waals surface area contributed by atoms with Crippen molar-refractivity contribution in [1.82, 2.24) is 15.3 Å². The molecule has 31 heavy (non-hydrogen) atoms. The van der Waals surface area contributed by atoms with E-state index in [1.54, 1.807) is 49.4 Å². The van der Waals surface area contributed by atoms with E-state index < -0.39 is 27.6 Å². The summed E-state index contributed by atoms with van der Waals surface area (Å²) in [6, 6.07) is 14.1. The number of hydrogen-bond donors (Lipinski definition) is 1. The summed E-state index contributed by atoms with van der Waals surface area (Å²) in [5.74, 6) is -0.650. The Hall–Kier alpha value is -3.59. The lowest BCUT2D eigenvalue weighted by molar-refractivity contribution is 0.0943. The van der Waals surface area contributed by atoms with Gasteiger partial charge in [-0.15, -0.1) is 0 Å². The highest BCUT2D eigenvalue weighted by atomic mass is 32.2. The van der Waals surface area contributed by atoms with Crippen molar-refractivity contribution < 1.29 is 22.3 Å². The maximum Gasteiger partial charge on any atom is 0.258 e. The van der Waals surface area contributed by atoms with Gasteiger partial charge in [0, 0.05) is 23.9 Å². The maximum atomic E-state index is 14.2. The predicted molar refractivity (Wildman–Crippen MR) is 115 cm³/mol.